The lowest BCUT2D eigenvalue weighted by Crippen LogP contribution is -2.00. The van der Waals surface area contributed by atoms with Crippen LogP contribution in [0.4, 0.5) is 4.39 Å². The van der Waals surface area contributed by atoms with Gasteiger partial charge < -0.3 is 9.47 Å². The normalized spacial score (nSPS) is 10.2. The van der Waals surface area contributed by atoms with E-state index in [1.165, 1.54) is 7.11 Å². The highest BCUT2D eigenvalue weighted by Crippen LogP contribution is 2.21. The van der Waals surface area contributed by atoms with Gasteiger partial charge in [0.2, 0.25) is 0 Å². The van der Waals surface area contributed by atoms with Crippen LogP contribution in [0.1, 0.15) is 11.1 Å². The quantitative estimate of drug-likeness (QED) is 0.818. The van der Waals surface area contributed by atoms with E-state index in [9.17, 15) is 4.39 Å². The molecule has 0 aliphatic carbocycles. The summed E-state index contributed by atoms with van der Waals surface area (Å²) in [7, 11) is 1.45. The van der Waals surface area contributed by atoms with Gasteiger partial charge in [-0.1, -0.05) is 29.8 Å². The minimum Gasteiger partial charge on any atom is -0.494 e. The Bertz CT molecular complexity index is 521. The van der Waals surface area contributed by atoms with Crippen molar-refractivity contribution in [3.05, 3.63) is 59.4 Å². The second kappa shape index (κ2) is 5.54. The molecule has 0 fully saturated rings. The second-order valence-electron chi connectivity index (χ2n) is 4.04. The Morgan fingerprint density at radius 1 is 1.06 bits per heavy atom. The van der Waals surface area contributed by atoms with E-state index >= 15 is 0 Å². The van der Waals surface area contributed by atoms with Gasteiger partial charge in [-0.3, -0.25) is 0 Å². The first-order chi connectivity index (χ1) is 8.70. The van der Waals surface area contributed by atoms with Gasteiger partial charge >= 0.3 is 0 Å². The molecule has 94 valence electrons. The SMILES string of the molecule is COc1cccc(COc2ccc(C)cc2)c1F. The number of hydrogen-bond donors (Lipinski definition) is 0. The Morgan fingerprint density at radius 3 is 2.44 bits per heavy atom. The Hall–Kier alpha value is -2.03. The van der Waals surface area contributed by atoms with Crippen LogP contribution in [0.5, 0.6) is 11.5 Å². The molecule has 2 aromatic carbocycles. The Morgan fingerprint density at radius 2 is 1.78 bits per heavy atom. The molecule has 0 N–H and O–H groups in total. The summed E-state index contributed by atoms with van der Waals surface area (Å²) in [6.07, 6.45) is 0. The largest absolute Gasteiger partial charge is 0.494 e. The maximum atomic E-state index is 13.8. The molecule has 2 nitrogen and oxygen atoms in total. The Labute approximate surface area is 106 Å². The maximum Gasteiger partial charge on any atom is 0.171 e. The number of methoxy groups -OCH3 is 1. The molecule has 0 aliphatic rings. The number of hydrogen-bond acceptors (Lipinski definition) is 2. The van der Waals surface area contributed by atoms with Gasteiger partial charge in [-0.15, -0.1) is 0 Å². The van der Waals surface area contributed by atoms with Crippen molar-refractivity contribution in [2.75, 3.05) is 7.11 Å². The molecule has 3 heteroatoms. The van der Waals surface area contributed by atoms with Crippen molar-refractivity contribution in [2.24, 2.45) is 0 Å². The molecule has 0 aromatic heterocycles. The van der Waals surface area contributed by atoms with Gasteiger partial charge in [0.1, 0.15) is 12.4 Å². The summed E-state index contributed by atoms with van der Waals surface area (Å²) in [5.41, 5.74) is 1.64. The topological polar surface area (TPSA) is 18.5 Å². The molecule has 0 atom stereocenters. The van der Waals surface area contributed by atoms with E-state index in [1.807, 2.05) is 31.2 Å². The predicted molar refractivity (Wildman–Crippen MR) is 68.5 cm³/mol. The number of benzene rings is 2. The average Bonchev–Trinajstić information content (AvgIpc) is 2.39. The van der Waals surface area contributed by atoms with Gasteiger partial charge in [0.15, 0.2) is 11.6 Å². The third-order valence-electron chi connectivity index (χ3n) is 2.68. The van der Waals surface area contributed by atoms with Crippen molar-refractivity contribution in [2.45, 2.75) is 13.5 Å². The van der Waals surface area contributed by atoms with Crippen LogP contribution in [0.2, 0.25) is 0 Å². The molecule has 0 aliphatic heterocycles. The van der Waals surface area contributed by atoms with Crippen LogP contribution in [-0.2, 0) is 6.61 Å². The van der Waals surface area contributed by atoms with E-state index in [2.05, 4.69) is 0 Å². The van der Waals surface area contributed by atoms with Crippen molar-refractivity contribution in [1.82, 2.24) is 0 Å². The molecule has 0 heterocycles. The number of aryl methyl sites for hydroxylation is 1. The summed E-state index contributed by atoms with van der Waals surface area (Å²) in [6.45, 7) is 2.19. The third-order valence-corrected chi connectivity index (χ3v) is 2.68. The average molecular weight is 246 g/mol. The lowest BCUT2D eigenvalue weighted by molar-refractivity contribution is 0.295. The zero-order valence-corrected chi connectivity index (χ0v) is 10.4. The third kappa shape index (κ3) is 2.80. The van der Waals surface area contributed by atoms with Crippen LogP contribution < -0.4 is 9.47 Å². The molecule has 0 saturated heterocycles. The van der Waals surface area contributed by atoms with Crippen LogP contribution in [-0.4, -0.2) is 7.11 Å². The molecule has 18 heavy (non-hydrogen) atoms. The highest BCUT2D eigenvalue weighted by molar-refractivity contribution is 5.31. The zero-order valence-electron chi connectivity index (χ0n) is 10.4. The minimum absolute atomic E-state index is 0.187. The summed E-state index contributed by atoms with van der Waals surface area (Å²) >= 11 is 0. The first-order valence-corrected chi connectivity index (χ1v) is 5.71. The van der Waals surface area contributed by atoms with E-state index in [1.54, 1.807) is 18.2 Å². The monoisotopic (exact) mass is 246 g/mol. The fourth-order valence-corrected chi connectivity index (χ4v) is 1.62. The van der Waals surface area contributed by atoms with Gasteiger partial charge in [-0.25, -0.2) is 4.39 Å². The summed E-state index contributed by atoms with van der Waals surface area (Å²) in [4.78, 5) is 0. The van der Waals surface area contributed by atoms with E-state index in [0.29, 0.717) is 5.56 Å². The van der Waals surface area contributed by atoms with Gasteiger partial charge in [-0.05, 0) is 25.1 Å². The van der Waals surface area contributed by atoms with E-state index in [4.69, 9.17) is 9.47 Å². The van der Waals surface area contributed by atoms with Gasteiger partial charge in [0.05, 0.1) is 7.11 Å². The van der Waals surface area contributed by atoms with Crippen molar-refractivity contribution in [1.29, 1.82) is 0 Å². The molecule has 0 spiro atoms. The van der Waals surface area contributed by atoms with Crippen molar-refractivity contribution >= 4 is 0 Å². The molecule has 2 aromatic rings. The van der Waals surface area contributed by atoms with Crippen molar-refractivity contribution < 1.29 is 13.9 Å². The molecule has 0 bridgehead atoms. The molecular formula is C15H15FO2. The van der Waals surface area contributed by atoms with Crippen molar-refractivity contribution in [3.8, 4) is 11.5 Å². The highest BCUT2D eigenvalue weighted by Gasteiger charge is 2.08. The lowest BCUT2D eigenvalue weighted by atomic mass is 10.2. The van der Waals surface area contributed by atoms with Crippen LogP contribution in [0.25, 0.3) is 0 Å². The standard InChI is InChI=1S/C15H15FO2/c1-11-6-8-13(9-7-11)18-10-12-4-3-5-14(17-2)15(12)16/h3-9H,10H2,1-2H3. The Balaban J connectivity index is 2.08. The fraction of sp³-hybridized carbons (Fsp3) is 0.200. The number of ether oxygens (including phenoxy) is 2. The van der Waals surface area contributed by atoms with Crippen LogP contribution in [0.3, 0.4) is 0 Å². The number of halogens is 1. The van der Waals surface area contributed by atoms with Gasteiger partial charge in [-0.2, -0.15) is 0 Å². The molecule has 0 saturated carbocycles. The maximum absolute atomic E-state index is 13.8. The summed E-state index contributed by atoms with van der Waals surface area (Å²) in [5.74, 6) is 0.593. The molecule has 0 unspecified atom stereocenters. The molecule has 2 rings (SSSR count). The fourth-order valence-electron chi connectivity index (χ4n) is 1.62. The summed E-state index contributed by atoms with van der Waals surface area (Å²) in [5, 5.41) is 0. The Kier molecular flexibility index (Phi) is 3.82. The highest BCUT2D eigenvalue weighted by atomic mass is 19.1. The summed E-state index contributed by atoms with van der Waals surface area (Å²) < 4.78 is 24.3. The van der Waals surface area contributed by atoms with Crippen LogP contribution in [0, 0.1) is 12.7 Å². The minimum atomic E-state index is -0.368. The van der Waals surface area contributed by atoms with E-state index in [-0.39, 0.29) is 18.2 Å². The lowest BCUT2D eigenvalue weighted by Gasteiger charge is -2.09. The molecular weight excluding hydrogens is 231 g/mol. The smallest absolute Gasteiger partial charge is 0.171 e. The van der Waals surface area contributed by atoms with Gasteiger partial charge in [0.25, 0.3) is 0 Å². The zero-order chi connectivity index (χ0) is 13.0. The first-order valence-electron chi connectivity index (χ1n) is 5.71. The molecule has 0 radical (unpaired) electrons. The number of rotatable bonds is 4. The van der Waals surface area contributed by atoms with Gasteiger partial charge in [0, 0.05) is 5.56 Å². The van der Waals surface area contributed by atoms with Crippen LogP contribution >= 0.6 is 0 Å². The second-order valence-corrected chi connectivity index (χ2v) is 4.04. The predicted octanol–water partition coefficient (Wildman–Crippen LogP) is 3.72. The first kappa shape index (κ1) is 12.4. The van der Waals surface area contributed by atoms with Crippen molar-refractivity contribution in [3.63, 3.8) is 0 Å². The van der Waals surface area contributed by atoms with Crippen LogP contribution in [0.15, 0.2) is 42.5 Å². The van der Waals surface area contributed by atoms with E-state index < -0.39 is 0 Å². The van der Waals surface area contributed by atoms with E-state index in [0.717, 1.165) is 11.3 Å². The summed E-state index contributed by atoms with van der Waals surface area (Å²) in [6, 6.07) is 12.7. The molecule has 0 amide bonds.